The highest BCUT2D eigenvalue weighted by Crippen LogP contribution is 2.25. The van der Waals surface area contributed by atoms with Crippen molar-refractivity contribution in [2.24, 2.45) is 5.92 Å². The van der Waals surface area contributed by atoms with E-state index in [9.17, 15) is 5.26 Å². The maximum Gasteiger partial charge on any atom is 0.106 e. The van der Waals surface area contributed by atoms with Crippen molar-refractivity contribution in [3.05, 3.63) is 0 Å². The van der Waals surface area contributed by atoms with Gasteiger partial charge in [-0.25, -0.2) is 0 Å². The van der Waals surface area contributed by atoms with Gasteiger partial charge in [-0.3, -0.25) is 5.32 Å². The number of rotatable bonds is 10. The molecule has 1 saturated carbocycles. The highest BCUT2D eigenvalue weighted by molar-refractivity contribution is 5.06. The van der Waals surface area contributed by atoms with Crippen LogP contribution in [0.3, 0.4) is 0 Å². The van der Waals surface area contributed by atoms with Crippen LogP contribution < -0.4 is 5.32 Å². The topological polar surface area (TPSA) is 39.1 Å². The fourth-order valence-corrected chi connectivity index (χ4v) is 3.65. The molecule has 0 bridgehead atoms. The molecule has 3 heteroatoms. The second-order valence-electron chi connectivity index (χ2n) is 7.01. The van der Waals surface area contributed by atoms with Gasteiger partial charge in [0.25, 0.3) is 0 Å². The molecule has 1 atom stereocenters. The highest BCUT2D eigenvalue weighted by atomic mass is 15.2. The molecule has 0 heterocycles. The van der Waals surface area contributed by atoms with Crippen molar-refractivity contribution in [2.45, 2.75) is 84.2 Å². The first kappa shape index (κ1) is 18.5. The van der Waals surface area contributed by atoms with Gasteiger partial charge in [0.15, 0.2) is 0 Å². The molecule has 0 amide bonds. The SMILES string of the molecule is CCNC(C#N)(CC)CCCN(CC(C)C)C1CCCC1. The lowest BCUT2D eigenvalue weighted by Gasteiger charge is -2.32. The van der Waals surface area contributed by atoms with Crippen molar-refractivity contribution in [1.29, 1.82) is 5.26 Å². The third-order valence-electron chi connectivity index (χ3n) is 4.82. The summed E-state index contributed by atoms with van der Waals surface area (Å²) in [5, 5.41) is 12.9. The normalized spacial score (nSPS) is 19.1. The Labute approximate surface area is 132 Å². The minimum atomic E-state index is -0.312. The molecule has 0 saturated heterocycles. The van der Waals surface area contributed by atoms with Crippen molar-refractivity contribution in [3.8, 4) is 6.07 Å². The summed E-state index contributed by atoms with van der Waals surface area (Å²) in [5.41, 5.74) is -0.312. The average molecular weight is 293 g/mol. The molecule has 1 rings (SSSR count). The second kappa shape index (κ2) is 9.43. The molecule has 0 aliphatic heterocycles. The van der Waals surface area contributed by atoms with Crippen molar-refractivity contribution < 1.29 is 0 Å². The summed E-state index contributed by atoms with van der Waals surface area (Å²) in [5.74, 6) is 0.728. The largest absolute Gasteiger partial charge is 0.300 e. The Kier molecular flexibility index (Phi) is 8.29. The summed E-state index contributed by atoms with van der Waals surface area (Å²) in [6.45, 7) is 12.1. The first-order valence-corrected chi connectivity index (χ1v) is 8.97. The Morgan fingerprint density at radius 3 is 2.43 bits per heavy atom. The van der Waals surface area contributed by atoms with Gasteiger partial charge in [0.2, 0.25) is 0 Å². The number of nitrogens with one attached hydrogen (secondary N) is 1. The van der Waals surface area contributed by atoms with Gasteiger partial charge in [0.05, 0.1) is 6.07 Å². The molecule has 0 aromatic rings. The molecule has 1 unspecified atom stereocenters. The third kappa shape index (κ3) is 5.96. The summed E-state index contributed by atoms with van der Waals surface area (Å²) < 4.78 is 0. The smallest absolute Gasteiger partial charge is 0.106 e. The lowest BCUT2D eigenvalue weighted by molar-refractivity contribution is 0.168. The van der Waals surface area contributed by atoms with Crippen molar-refractivity contribution in [3.63, 3.8) is 0 Å². The van der Waals surface area contributed by atoms with Gasteiger partial charge in [0, 0.05) is 12.6 Å². The second-order valence-corrected chi connectivity index (χ2v) is 7.01. The fourth-order valence-electron chi connectivity index (χ4n) is 3.65. The van der Waals surface area contributed by atoms with E-state index in [2.05, 4.69) is 44.0 Å². The fraction of sp³-hybridized carbons (Fsp3) is 0.944. The third-order valence-corrected chi connectivity index (χ3v) is 4.82. The standard InChI is InChI=1S/C18H35N3/c1-5-18(15-19,20-6-2)12-9-13-21(14-16(3)4)17-10-7-8-11-17/h16-17,20H,5-14H2,1-4H3. The quantitative estimate of drug-likeness (QED) is 0.663. The maximum absolute atomic E-state index is 9.50. The van der Waals surface area contributed by atoms with Gasteiger partial charge in [-0.1, -0.05) is 40.5 Å². The van der Waals surface area contributed by atoms with E-state index >= 15 is 0 Å². The Morgan fingerprint density at radius 2 is 1.95 bits per heavy atom. The van der Waals surface area contributed by atoms with Crippen LogP contribution in [-0.4, -0.2) is 36.1 Å². The summed E-state index contributed by atoms with van der Waals surface area (Å²) >= 11 is 0. The van der Waals surface area contributed by atoms with E-state index in [0.717, 1.165) is 44.3 Å². The lowest BCUT2D eigenvalue weighted by atomic mass is 9.91. The van der Waals surface area contributed by atoms with E-state index in [1.807, 2.05) is 0 Å². The van der Waals surface area contributed by atoms with E-state index in [4.69, 9.17) is 0 Å². The molecule has 0 aromatic heterocycles. The van der Waals surface area contributed by atoms with Gasteiger partial charge in [-0.2, -0.15) is 5.26 Å². The number of nitrogens with zero attached hydrogens (tertiary/aromatic N) is 2. The predicted molar refractivity (Wildman–Crippen MR) is 90.2 cm³/mol. The van der Waals surface area contributed by atoms with Crippen LogP contribution >= 0.6 is 0 Å². The summed E-state index contributed by atoms with van der Waals surface area (Å²) in [6.07, 6.45) is 8.52. The van der Waals surface area contributed by atoms with Crippen LogP contribution in [0.2, 0.25) is 0 Å². The van der Waals surface area contributed by atoms with Crippen molar-refractivity contribution in [2.75, 3.05) is 19.6 Å². The highest BCUT2D eigenvalue weighted by Gasteiger charge is 2.28. The number of hydrogen-bond acceptors (Lipinski definition) is 3. The molecule has 0 aromatic carbocycles. The summed E-state index contributed by atoms with van der Waals surface area (Å²) in [6, 6.07) is 3.32. The molecule has 1 aliphatic rings. The van der Waals surface area contributed by atoms with Gasteiger partial charge < -0.3 is 4.90 Å². The zero-order valence-corrected chi connectivity index (χ0v) is 14.6. The Balaban J connectivity index is 2.49. The number of nitriles is 1. The Morgan fingerprint density at radius 1 is 1.29 bits per heavy atom. The van der Waals surface area contributed by atoms with Crippen LogP contribution in [0, 0.1) is 17.2 Å². The monoisotopic (exact) mass is 293 g/mol. The first-order valence-electron chi connectivity index (χ1n) is 8.97. The van der Waals surface area contributed by atoms with Gasteiger partial charge in [-0.05, 0) is 51.1 Å². The molecule has 1 aliphatic carbocycles. The molecule has 0 spiro atoms. The zero-order valence-electron chi connectivity index (χ0n) is 14.6. The van der Waals surface area contributed by atoms with E-state index in [-0.39, 0.29) is 5.54 Å². The summed E-state index contributed by atoms with van der Waals surface area (Å²) in [4.78, 5) is 2.70. The van der Waals surface area contributed by atoms with Crippen LogP contribution in [0.5, 0.6) is 0 Å². The minimum absolute atomic E-state index is 0.312. The molecule has 1 N–H and O–H groups in total. The number of hydrogen-bond donors (Lipinski definition) is 1. The molecule has 0 radical (unpaired) electrons. The molecule has 21 heavy (non-hydrogen) atoms. The van der Waals surface area contributed by atoms with Crippen LogP contribution in [0.15, 0.2) is 0 Å². The first-order chi connectivity index (χ1) is 10.1. The molecular formula is C18H35N3. The lowest BCUT2D eigenvalue weighted by Crippen LogP contribution is -2.44. The molecular weight excluding hydrogens is 258 g/mol. The van der Waals surface area contributed by atoms with Gasteiger partial charge in [-0.15, -0.1) is 0 Å². The van der Waals surface area contributed by atoms with Gasteiger partial charge in [0.1, 0.15) is 5.54 Å². The van der Waals surface area contributed by atoms with Crippen LogP contribution in [0.1, 0.15) is 72.6 Å². The van der Waals surface area contributed by atoms with Crippen molar-refractivity contribution in [1.82, 2.24) is 10.2 Å². The predicted octanol–water partition coefficient (Wildman–Crippen LogP) is 3.95. The van der Waals surface area contributed by atoms with E-state index in [1.165, 1.54) is 32.2 Å². The Bertz CT molecular complexity index is 315. The summed E-state index contributed by atoms with van der Waals surface area (Å²) in [7, 11) is 0. The Hall–Kier alpha value is -0.590. The van der Waals surface area contributed by atoms with Crippen LogP contribution in [0.4, 0.5) is 0 Å². The average Bonchev–Trinajstić information content (AvgIpc) is 2.99. The van der Waals surface area contributed by atoms with Gasteiger partial charge >= 0.3 is 0 Å². The zero-order chi connectivity index (χ0) is 15.7. The maximum atomic E-state index is 9.50. The van der Waals surface area contributed by atoms with Crippen LogP contribution in [0.25, 0.3) is 0 Å². The van der Waals surface area contributed by atoms with E-state index in [1.54, 1.807) is 0 Å². The molecule has 3 nitrogen and oxygen atoms in total. The van der Waals surface area contributed by atoms with Crippen LogP contribution in [-0.2, 0) is 0 Å². The van der Waals surface area contributed by atoms with Crippen molar-refractivity contribution >= 4 is 0 Å². The molecule has 1 fully saturated rings. The van der Waals surface area contributed by atoms with E-state index < -0.39 is 0 Å². The minimum Gasteiger partial charge on any atom is -0.300 e. The van der Waals surface area contributed by atoms with E-state index in [0.29, 0.717) is 0 Å². The molecule has 122 valence electrons.